The van der Waals surface area contributed by atoms with E-state index in [2.05, 4.69) is 4.74 Å². The number of esters is 1. The molecule has 4 nitrogen and oxygen atoms in total. The minimum atomic E-state index is -0.345. The van der Waals surface area contributed by atoms with Crippen LogP contribution in [0.4, 0.5) is 0 Å². The molecule has 0 aromatic carbocycles. The zero-order chi connectivity index (χ0) is 11.4. The molecule has 0 aromatic heterocycles. The van der Waals surface area contributed by atoms with Crippen molar-refractivity contribution in [1.82, 2.24) is 0 Å². The molecule has 4 atom stereocenters. The summed E-state index contributed by atoms with van der Waals surface area (Å²) in [6, 6.07) is 0. The van der Waals surface area contributed by atoms with Gasteiger partial charge >= 0.3 is 5.97 Å². The Kier molecular flexibility index (Phi) is 4.54. The van der Waals surface area contributed by atoms with Crippen LogP contribution in [0.25, 0.3) is 0 Å². The molecule has 0 spiro atoms. The fourth-order valence-corrected chi connectivity index (χ4v) is 1.99. The monoisotopic (exact) mass is 216 g/mol. The molecule has 1 rings (SSSR count). The maximum Gasteiger partial charge on any atom is 0.311 e. The second-order valence-corrected chi connectivity index (χ2v) is 4.27. The Bertz CT molecular complexity index is 215. The van der Waals surface area contributed by atoms with E-state index in [1.165, 1.54) is 7.11 Å². The SMILES string of the molecule is COC(=O)[C@@H](C)[C@@H]1CC[C@H](C[C@H](C)O)O1. The van der Waals surface area contributed by atoms with Gasteiger partial charge in [-0.15, -0.1) is 0 Å². The first-order valence-electron chi connectivity index (χ1n) is 5.46. The van der Waals surface area contributed by atoms with Crippen molar-refractivity contribution in [3.63, 3.8) is 0 Å². The van der Waals surface area contributed by atoms with Crippen LogP contribution in [0.2, 0.25) is 0 Å². The van der Waals surface area contributed by atoms with Gasteiger partial charge in [0.1, 0.15) is 0 Å². The molecule has 1 N–H and O–H groups in total. The predicted octanol–water partition coefficient (Wildman–Crippen LogP) is 1.11. The molecule has 1 aliphatic rings. The summed E-state index contributed by atoms with van der Waals surface area (Å²) in [4.78, 5) is 11.3. The van der Waals surface area contributed by atoms with Crippen molar-refractivity contribution >= 4 is 5.97 Å². The Morgan fingerprint density at radius 3 is 2.73 bits per heavy atom. The van der Waals surface area contributed by atoms with Crippen LogP contribution in [-0.2, 0) is 14.3 Å². The Morgan fingerprint density at radius 1 is 1.53 bits per heavy atom. The number of rotatable bonds is 4. The van der Waals surface area contributed by atoms with Gasteiger partial charge in [0.25, 0.3) is 0 Å². The van der Waals surface area contributed by atoms with Crippen LogP contribution < -0.4 is 0 Å². The molecule has 0 unspecified atom stereocenters. The summed E-state index contributed by atoms with van der Waals surface area (Å²) in [7, 11) is 1.39. The molecule has 0 radical (unpaired) electrons. The highest BCUT2D eigenvalue weighted by molar-refractivity contribution is 5.72. The van der Waals surface area contributed by atoms with Crippen molar-refractivity contribution < 1.29 is 19.4 Å². The lowest BCUT2D eigenvalue weighted by Crippen LogP contribution is -2.27. The van der Waals surface area contributed by atoms with E-state index in [9.17, 15) is 9.90 Å². The van der Waals surface area contributed by atoms with E-state index >= 15 is 0 Å². The maximum absolute atomic E-state index is 11.3. The summed E-state index contributed by atoms with van der Waals surface area (Å²) >= 11 is 0. The molecule has 15 heavy (non-hydrogen) atoms. The number of aliphatic hydroxyl groups is 1. The molecule has 0 bridgehead atoms. The summed E-state index contributed by atoms with van der Waals surface area (Å²) in [5.41, 5.74) is 0. The first kappa shape index (κ1) is 12.5. The van der Waals surface area contributed by atoms with E-state index in [0.717, 1.165) is 12.8 Å². The largest absolute Gasteiger partial charge is 0.469 e. The zero-order valence-electron chi connectivity index (χ0n) is 9.60. The third-order valence-corrected chi connectivity index (χ3v) is 2.88. The van der Waals surface area contributed by atoms with Crippen molar-refractivity contribution in [3.05, 3.63) is 0 Å². The van der Waals surface area contributed by atoms with Gasteiger partial charge in [0.15, 0.2) is 0 Å². The van der Waals surface area contributed by atoms with Crippen molar-refractivity contribution in [3.8, 4) is 0 Å². The van der Waals surface area contributed by atoms with Crippen molar-refractivity contribution in [2.24, 2.45) is 5.92 Å². The molecular weight excluding hydrogens is 196 g/mol. The number of aliphatic hydroxyl groups excluding tert-OH is 1. The molecule has 0 aliphatic carbocycles. The van der Waals surface area contributed by atoms with Crippen LogP contribution in [-0.4, -0.2) is 36.5 Å². The third kappa shape index (κ3) is 3.47. The molecule has 1 saturated heterocycles. The van der Waals surface area contributed by atoms with Crippen LogP contribution in [0.15, 0.2) is 0 Å². The molecular formula is C11H20O4. The summed E-state index contributed by atoms with van der Waals surface area (Å²) < 4.78 is 10.4. The number of carbonyl (C=O) groups is 1. The molecule has 1 heterocycles. The lowest BCUT2D eigenvalue weighted by Gasteiger charge is -2.18. The van der Waals surface area contributed by atoms with Crippen LogP contribution in [0, 0.1) is 5.92 Å². The number of hydrogen-bond donors (Lipinski definition) is 1. The fraction of sp³-hybridized carbons (Fsp3) is 0.909. The van der Waals surface area contributed by atoms with Crippen LogP contribution in [0.3, 0.4) is 0 Å². The van der Waals surface area contributed by atoms with Crippen molar-refractivity contribution in [2.45, 2.75) is 51.4 Å². The molecule has 0 amide bonds. The summed E-state index contributed by atoms with van der Waals surface area (Å²) in [6.45, 7) is 3.57. The smallest absolute Gasteiger partial charge is 0.311 e. The van der Waals surface area contributed by atoms with Gasteiger partial charge in [-0.05, 0) is 33.1 Å². The summed E-state index contributed by atoms with van der Waals surface area (Å²) in [5.74, 6) is -0.438. The van der Waals surface area contributed by atoms with E-state index in [4.69, 9.17) is 4.74 Å². The lowest BCUT2D eigenvalue weighted by molar-refractivity contribution is -0.150. The fourth-order valence-electron chi connectivity index (χ4n) is 1.99. The highest BCUT2D eigenvalue weighted by Gasteiger charge is 2.33. The van der Waals surface area contributed by atoms with E-state index < -0.39 is 0 Å². The second kappa shape index (κ2) is 5.47. The molecule has 1 aliphatic heterocycles. The maximum atomic E-state index is 11.3. The van der Waals surface area contributed by atoms with Crippen LogP contribution in [0.1, 0.15) is 33.1 Å². The topological polar surface area (TPSA) is 55.8 Å². The second-order valence-electron chi connectivity index (χ2n) is 4.27. The Hall–Kier alpha value is -0.610. The Labute approximate surface area is 90.6 Å². The highest BCUT2D eigenvalue weighted by Crippen LogP contribution is 2.28. The summed E-state index contributed by atoms with van der Waals surface area (Å²) in [6.07, 6.45) is 2.11. The quantitative estimate of drug-likeness (QED) is 0.715. The van der Waals surface area contributed by atoms with E-state index in [1.54, 1.807) is 6.92 Å². The van der Waals surface area contributed by atoms with Crippen LogP contribution >= 0.6 is 0 Å². The Balaban J connectivity index is 2.38. The molecule has 0 aromatic rings. The predicted molar refractivity (Wildman–Crippen MR) is 55.4 cm³/mol. The standard InChI is InChI=1S/C11H20O4/c1-7(12)6-9-4-5-10(15-9)8(2)11(13)14-3/h7-10,12H,4-6H2,1-3H3/t7-,8-,9+,10-/m0/s1. The average Bonchev–Trinajstić information content (AvgIpc) is 2.63. The first-order chi connectivity index (χ1) is 7.04. The number of hydrogen-bond acceptors (Lipinski definition) is 4. The number of ether oxygens (including phenoxy) is 2. The van der Waals surface area contributed by atoms with Crippen LogP contribution in [0.5, 0.6) is 0 Å². The van der Waals surface area contributed by atoms with E-state index in [0.29, 0.717) is 6.42 Å². The Morgan fingerprint density at radius 2 is 2.20 bits per heavy atom. The molecule has 4 heteroatoms. The number of methoxy groups -OCH3 is 1. The van der Waals surface area contributed by atoms with Gasteiger partial charge in [-0.25, -0.2) is 0 Å². The van der Waals surface area contributed by atoms with Gasteiger partial charge in [0.2, 0.25) is 0 Å². The van der Waals surface area contributed by atoms with Gasteiger partial charge in [-0.3, -0.25) is 4.79 Å². The van der Waals surface area contributed by atoms with Gasteiger partial charge < -0.3 is 14.6 Å². The summed E-state index contributed by atoms with van der Waals surface area (Å²) in [5, 5.41) is 9.22. The first-order valence-corrected chi connectivity index (χ1v) is 5.46. The van der Waals surface area contributed by atoms with Gasteiger partial charge in [0.05, 0.1) is 31.3 Å². The third-order valence-electron chi connectivity index (χ3n) is 2.88. The minimum absolute atomic E-state index is 0.0544. The molecule has 0 saturated carbocycles. The average molecular weight is 216 g/mol. The van der Waals surface area contributed by atoms with Crippen molar-refractivity contribution in [1.29, 1.82) is 0 Å². The molecule has 1 fully saturated rings. The normalized spacial score (nSPS) is 29.9. The lowest BCUT2D eigenvalue weighted by atomic mass is 10.0. The highest BCUT2D eigenvalue weighted by atomic mass is 16.5. The van der Waals surface area contributed by atoms with Crippen molar-refractivity contribution in [2.75, 3.05) is 7.11 Å². The van der Waals surface area contributed by atoms with E-state index in [-0.39, 0.29) is 30.2 Å². The van der Waals surface area contributed by atoms with E-state index in [1.807, 2.05) is 6.92 Å². The minimum Gasteiger partial charge on any atom is -0.469 e. The zero-order valence-corrected chi connectivity index (χ0v) is 9.60. The van der Waals surface area contributed by atoms with Gasteiger partial charge in [-0.1, -0.05) is 0 Å². The molecule has 88 valence electrons. The van der Waals surface area contributed by atoms with Gasteiger partial charge in [0, 0.05) is 0 Å². The van der Waals surface area contributed by atoms with Gasteiger partial charge in [-0.2, -0.15) is 0 Å². The number of carbonyl (C=O) groups excluding carboxylic acids is 1.